The van der Waals surface area contributed by atoms with Crippen LogP contribution in [0.2, 0.25) is 5.02 Å². The van der Waals surface area contributed by atoms with Gasteiger partial charge in [0, 0.05) is 38.3 Å². The molecule has 2 N–H and O–H groups in total. The van der Waals surface area contributed by atoms with Crippen LogP contribution in [0.5, 0.6) is 5.75 Å². The van der Waals surface area contributed by atoms with Crippen molar-refractivity contribution in [3.63, 3.8) is 0 Å². The van der Waals surface area contributed by atoms with E-state index in [-0.39, 0.29) is 23.4 Å². The molecule has 1 spiro atoms. The van der Waals surface area contributed by atoms with Crippen LogP contribution in [0.25, 0.3) is 22.6 Å². The average Bonchev–Trinajstić information content (AvgIpc) is 3.20. The van der Waals surface area contributed by atoms with E-state index in [0.29, 0.717) is 45.8 Å². The van der Waals surface area contributed by atoms with Gasteiger partial charge in [-0.05, 0) is 51.9 Å². The summed E-state index contributed by atoms with van der Waals surface area (Å²) in [5.74, 6) is 1.20. The Hall–Kier alpha value is -2.79. The summed E-state index contributed by atoms with van der Waals surface area (Å²) >= 11 is 6.91. The number of benzene rings is 1. The van der Waals surface area contributed by atoms with E-state index in [1.165, 1.54) is 12.1 Å². The number of hydrogen-bond acceptors (Lipinski definition) is 9. The Morgan fingerprint density at radius 2 is 2.00 bits per heavy atom. The fourth-order valence-corrected chi connectivity index (χ4v) is 5.34. The van der Waals surface area contributed by atoms with Crippen molar-refractivity contribution in [2.75, 3.05) is 51.4 Å². The van der Waals surface area contributed by atoms with Gasteiger partial charge >= 0.3 is 0 Å². The van der Waals surface area contributed by atoms with E-state index in [2.05, 4.69) is 15.4 Å². The fraction of sp³-hybridized carbons (Fsp3) is 0.500. The molecular formula is C26H31ClFN5O4. The first-order chi connectivity index (χ1) is 17.8. The number of nitrogens with one attached hydrogen (secondary N) is 1. The van der Waals surface area contributed by atoms with Crippen LogP contribution in [0.15, 0.2) is 22.7 Å². The Morgan fingerprint density at radius 1 is 1.24 bits per heavy atom. The highest BCUT2D eigenvalue weighted by Gasteiger charge is 2.45. The molecule has 0 saturated carbocycles. The van der Waals surface area contributed by atoms with E-state index in [9.17, 15) is 5.11 Å². The second kappa shape index (κ2) is 10.5. The summed E-state index contributed by atoms with van der Waals surface area (Å²) in [6.07, 6.45) is 1.28. The number of halogens is 2. The molecule has 1 atom stereocenters. The van der Waals surface area contributed by atoms with Gasteiger partial charge in [-0.25, -0.2) is 14.4 Å². The highest BCUT2D eigenvalue weighted by Crippen LogP contribution is 2.46. The lowest BCUT2D eigenvalue weighted by molar-refractivity contribution is -0.000445. The SMILES string of the molecule is CNC[C@@H](O)COc1ccc(F)c(-c2nc(-c3c(C)noc3C)c(Cl)c(N3CC4(CCOCC4)C3)n2)c1. The third-order valence-corrected chi connectivity index (χ3v) is 7.42. The van der Waals surface area contributed by atoms with E-state index < -0.39 is 11.9 Å². The maximum Gasteiger partial charge on any atom is 0.165 e. The average molecular weight is 532 g/mol. The molecule has 2 fully saturated rings. The van der Waals surface area contributed by atoms with Crippen LogP contribution in [0, 0.1) is 25.1 Å². The number of rotatable bonds is 8. The number of likely N-dealkylation sites (N-methyl/N-ethyl adjacent to an activating group) is 1. The van der Waals surface area contributed by atoms with Gasteiger partial charge in [-0.3, -0.25) is 0 Å². The molecule has 2 aliphatic rings. The Balaban J connectivity index is 1.54. The Bertz CT molecular complexity index is 1250. The van der Waals surface area contributed by atoms with Crippen molar-refractivity contribution in [3.05, 3.63) is 40.5 Å². The van der Waals surface area contributed by atoms with Gasteiger partial charge in [-0.2, -0.15) is 0 Å². The van der Waals surface area contributed by atoms with Gasteiger partial charge in [0.25, 0.3) is 0 Å². The molecule has 0 aliphatic carbocycles. The van der Waals surface area contributed by atoms with Crippen molar-refractivity contribution >= 4 is 17.4 Å². The Kier molecular flexibility index (Phi) is 7.35. The zero-order chi connectivity index (χ0) is 26.2. The zero-order valence-electron chi connectivity index (χ0n) is 21.2. The summed E-state index contributed by atoms with van der Waals surface area (Å²) in [6, 6.07) is 4.37. The van der Waals surface area contributed by atoms with Crippen LogP contribution in [0.4, 0.5) is 10.2 Å². The lowest BCUT2D eigenvalue weighted by Crippen LogP contribution is -2.59. The lowest BCUT2D eigenvalue weighted by Gasteiger charge is -2.53. The Labute approximate surface area is 219 Å². The standard InChI is InChI=1S/C26H31ClFN5O4/c1-15-21(16(2)37-32-15)23-22(27)25(33-13-26(14-33)6-8-35-9-7-26)31-24(30-23)19-10-18(4-5-20(19)28)36-12-17(34)11-29-3/h4-5,10,17,29,34H,6-9,11-14H2,1-3H3/t17-/m1/s1. The summed E-state index contributed by atoms with van der Waals surface area (Å²) in [6.45, 7) is 7.13. The number of anilines is 1. The summed E-state index contributed by atoms with van der Waals surface area (Å²) in [5.41, 5.74) is 2.10. The molecule has 1 aromatic carbocycles. The number of nitrogens with zero attached hydrogens (tertiary/aromatic N) is 4. The van der Waals surface area contributed by atoms with Crippen LogP contribution >= 0.6 is 11.6 Å². The second-order valence-corrected chi connectivity index (χ2v) is 10.2. The van der Waals surface area contributed by atoms with Crippen LogP contribution in [0.1, 0.15) is 24.3 Å². The first kappa shape index (κ1) is 25.8. The van der Waals surface area contributed by atoms with E-state index in [0.717, 1.165) is 39.1 Å². The molecule has 3 aromatic rings. The molecule has 4 heterocycles. The minimum Gasteiger partial charge on any atom is -0.491 e. The van der Waals surface area contributed by atoms with Gasteiger partial charge in [0.15, 0.2) is 11.6 Å². The van der Waals surface area contributed by atoms with Crippen molar-refractivity contribution in [2.45, 2.75) is 32.8 Å². The first-order valence-corrected chi connectivity index (χ1v) is 12.8. The smallest absolute Gasteiger partial charge is 0.165 e. The van der Waals surface area contributed by atoms with Crippen LogP contribution < -0.4 is 15.0 Å². The van der Waals surface area contributed by atoms with E-state index in [4.69, 9.17) is 35.6 Å². The second-order valence-electron chi connectivity index (χ2n) is 9.87. The molecular weight excluding hydrogens is 501 g/mol. The largest absolute Gasteiger partial charge is 0.491 e. The van der Waals surface area contributed by atoms with Gasteiger partial charge in [-0.1, -0.05) is 16.8 Å². The summed E-state index contributed by atoms with van der Waals surface area (Å²) in [5, 5.41) is 17.3. The molecule has 5 rings (SSSR count). The highest BCUT2D eigenvalue weighted by atomic mass is 35.5. The molecule has 0 radical (unpaired) electrons. The third kappa shape index (κ3) is 5.16. The van der Waals surface area contributed by atoms with E-state index >= 15 is 4.39 Å². The van der Waals surface area contributed by atoms with Gasteiger partial charge in [0.1, 0.15) is 40.8 Å². The predicted octanol–water partition coefficient (Wildman–Crippen LogP) is 3.78. The third-order valence-electron chi connectivity index (χ3n) is 7.07. The molecule has 2 saturated heterocycles. The number of ether oxygens (including phenoxy) is 2. The molecule has 2 aliphatic heterocycles. The van der Waals surface area contributed by atoms with Crippen molar-refractivity contribution in [1.82, 2.24) is 20.4 Å². The van der Waals surface area contributed by atoms with Gasteiger partial charge in [0.05, 0.1) is 16.8 Å². The number of aryl methyl sites for hydroxylation is 2. The highest BCUT2D eigenvalue weighted by molar-refractivity contribution is 6.35. The van der Waals surface area contributed by atoms with Gasteiger partial charge in [0.2, 0.25) is 0 Å². The fourth-order valence-electron chi connectivity index (χ4n) is 5.04. The summed E-state index contributed by atoms with van der Waals surface area (Å²) in [7, 11) is 1.74. The maximum atomic E-state index is 15.1. The van der Waals surface area contributed by atoms with Crippen LogP contribution in [-0.4, -0.2) is 72.8 Å². The van der Waals surface area contributed by atoms with Crippen molar-refractivity contribution in [1.29, 1.82) is 0 Å². The zero-order valence-corrected chi connectivity index (χ0v) is 21.9. The maximum absolute atomic E-state index is 15.1. The first-order valence-electron chi connectivity index (χ1n) is 12.4. The summed E-state index contributed by atoms with van der Waals surface area (Å²) in [4.78, 5) is 11.6. The monoisotopic (exact) mass is 531 g/mol. The molecule has 0 unspecified atom stereocenters. The number of hydrogen-bond donors (Lipinski definition) is 2. The van der Waals surface area contributed by atoms with Gasteiger partial charge in [-0.15, -0.1) is 0 Å². The molecule has 9 nitrogen and oxygen atoms in total. The normalized spacial score (nSPS) is 17.6. The molecule has 0 bridgehead atoms. The van der Waals surface area contributed by atoms with Crippen molar-refractivity contribution in [2.24, 2.45) is 5.41 Å². The van der Waals surface area contributed by atoms with Crippen LogP contribution in [0.3, 0.4) is 0 Å². The van der Waals surface area contributed by atoms with Crippen molar-refractivity contribution < 1.29 is 23.5 Å². The number of aliphatic hydroxyl groups is 1. The topological polar surface area (TPSA) is 106 Å². The molecule has 37 heavy (non-hydrogen) atoms. The minimum absolute atomic E-state index is 0.0581. The lowest BCUT2D eigenvalue weighted by atomic mass is 9.73. The quantitative estimate of drug-likeness (QED) is 0.449. The minimum atomic E-state index is -0.702. The Morgan fingerprint density at radius 3 is 2.68 bits per heavy atom. The molecule has 2 aromatic heterocycles. The molecule has 0 amide bonds. The summed E-state index contributed by atoms with van der Waals surface area (Å²) < 4.78 is 31.8. The van der Waals surface area contributed by atoms with E-state index in [1.807, 2.05) is 6.92 Å². The molecule has 11 heteroatoms. The number of aromatic nitrogens is 3. The number of aliphatic hydroxyl groups excluding tert-OH is 1. The molecule has 198 valence electrons. The van der Waals surface area contributed by atoms with E-state index in [1.54, 1.807) is 20.0 Å². The van der Waals surface area contributed by atoms with Gasteiger partial charge < -0.3 is 29.3 Å². The van der Waals surface area contributed by atoms with Crippen molar-refractivity contribution in [3.8, 4) is 28.4 Å². The van der Waals surface area contributed by atoms with Crippen LogP contribution in [-0.2, 0) is 4.74 Å². The predicted molar refractivity (Wildman–Crippen MR) is 138 cm³/mol.